The van der Waals surface area contributed by atoms with Gasteiger partial charge in [-0.1, -0.05) is 0 Å². The normalized spacial score (nSPS) is 13.8. The zero-order valence-electron chi connectivity index (χ0n) is 13.8. The molecule has 0 fully saturated rings. The molecule has 134 valence electrons. The Morgan fingerprint density at radius 1 is 1.19 bits per heavy atom. The number of hydrogen-bond acceptors (Lipinski definition) is 5. The van der Waals surface area contributed by atoms with Crippen LogP contribution < -0.4 is 10.6 Å². The van der Waals surface area contributed by atoms with Crippen molar-refractivity contribution < 1.29 is 17.6 Å². The molecule has 3 N–H and O–H groups in total. The van der Waals surface area contributed by atoms with Gasteiger partial charge in [-0.05, 0) is 35.4 Å². The Bertz CT molecular complexity index is 1150. The van der Waals surface area contributed by atoms with Gasteiger partial charge in [-0.2, -0.15) is 5.10 Å². The van der Waals surface area contributed by atoms with E-state index in [9.17, 15) is 17.6 Å². The molecule has 0 aliphatic carbocycles. The van der Waals surface area contributed by atoms with Gasteiger partial charge in [-0.15, -0.1) is 0 Å². The monoisotopic (exact) mass is 374 g/mol. The second kappa shape index (κ2) is 5.89. The number of benzene rings is 2. The van der Waals surface area contributed by atoms with Crippen molar-refractivity contribution in [3.05, 3.63) is 53.0 Å². The average Bonchev–Trinajstić information content (AvgIpc) is 3.20. The Morgan fingerprint density at radius 3 is 2.65 bits per heavy atom. The van der Waals surface area contributed by atoms with E-state index in [4.69, 9.17) is 0 Å². The van der Waals surface area contributed by atoms with E-state index < -0.39 is 21.6 Å². The number of halogens is 1. The number of carbonyl (C=O) groups excluding carboxylic acids is 1. The van der Waals surface area contributed by atoms with Crippen molar-refractivity contribution in [2.45, 2.75) is 18.0 Å². The van der Waals surface area contributed by atoms with Gasteiger partial charge in [0.05, 0.1) is 27.9 Å². The third-order valence-corrected chi connectivity index (χ3v) is 5.49. The maximum Gasteiger partial charge on any atom is 0.256 e. The standard InChI is InChI=1S/C17H15FN4O3S/c1-26(24,25)16-3-10-7-19-6-9(10)2-15(16)21-17(23)12-4-11(18)5-14-13(12)8-20-22-14/h2-5,8,19H,6-7H2,1H3,(H,20,22)(H,21,23). The summed E-state index contributed by atoms with van der Waals surface area (Å²) < 4.78 is 38.1. The Hall–Kier alpha value is -2.78. The van der Waals surface area contributed by atoms with Crippen molar-refractivity contribution >= 4 is 32.3 Å². The van der Waals surface area contributed by atoms with E-state index in [1.165, 1.54) is 12.3 Å². The molecular weight excluding hydrogens is 359 g/mol. The molecular formula is C17H15FN4O3S. The minimum absolute atomic E-state index is 0.0353. The fourth-order valence-electron chi connectivity index (χ4n) is 3.13. The molecule has 0 spiro atoms. The number of aromatic nitrogens is 2. The minimum atomic E-state index is -3.56. The van der Waals surface area contributed by atoms with Crippen molar-refractivity contribution in [2.24, 2.45) is 0 Å². The van der Waals surface area contributed by atoms with Crippen LogP contribution in [0.15, 0.2) is 35.4 Å². The predicted molar refractivity (Wildman–Crippen MR) is 94.1 cm³/mol. The van der Waals surface area contributed by atoms with Crippen LogP contribution in [0.1, 0.15) is 21.5 Å². The molecule has 0 bridgehead atoms. The predicted octanol–water partition coefficient (Wildman–Crippen LogP) is 1.96. The molecule has 0 unspecified atom stereocenters. The van der Waals surface area contributed by atoms with Crippen molar-refractivity contribution in [1.82, 2.24) is 15.5 Å². The fourth-order valence-corrected chi connectivity index (χ4v) is 3.99. The molecule has 1 aliphatic rings. The first-order chi connectivity index (χ1) is 12.3. The lowest BCUT2D eigenvalue weighted by molar-refractivity contribution is 0.102. The Balaban J connectivity index is 1.79. The van der Waals surface area contributed by atoms with Gasteiger partial charge in [0.25, 0.3) is 5.91 Å². The van der Waals surface area contributed by atoms with Crippen LogP contribution in [-0.4, -0.2) is 30.8 Å². The molecule has 0 saturated heterocycles. The first kappa shape index (κ1) is 16.7. The first-order valence-electron chi connectivity index (χ1n) is 7.83. The van der Waals surface area contributed by atoms with Crippen LogP contribution in [0.2, 0.25) is 0 Å². The molecule has 0 radical (unpaired) electrons. The van der Waals surface area contributed by atoms with Crippen LogP contribution >= 0.6 is 0 Å². The van der Waals surface area contributed by atoms with E-state index in [0.717, 1.165) is 23.4 Å². The molecule has 26 heavy (non-hydrogen) atoms. The number of hydrogen-bond donors (Lipinski definition) is 3. The van der Waals surface area contributed by atoms with Crippen LogP contribution in [0, 0.1) is 5.82 Å². The maximum absolute atomic E-state index is 13.8. The summed E-state index contributed by atoms with van der Waals surface area (Å²) in [4.78, 5) is 12.8. The number of anilines is 1. The molecule has 4 rings (SSSR count). The van der Waals surface area contributed by atoms with Crippen LogP contribution in [0.25, 0.3) is 10.9 Å². The van der Waals surface area contributed by atoms with Crippen molar-refractivity contribution in [3.63, 3.8) is 0 Å². The number of nitrogens with one attached hydrogen (secondary N) is 3. The van der Waals surface area contributed by atoms with Gasteiger partial charge in [0.2, 0.25) is 0 Å². The van der Waals surface area contributed by atoms with Crippen molar-refractivity contribution in [1.29, 1.82) is 0 Å². The second-order valence-electron chi connectivity index (χ2n) is 6.23. The van der Waals surface area contributed by atoms with Gasteiger partial charge in [0.1, 0.15) is 5.82 Å². The lowest BCUT2D eigenvalue weighted by atomic mass is 10.1. The molecule has 1 amide bonds. The van der Waals surface area contributed by atoms with Crippen LogP contribution in [0.3, 0.4) is 0 Å². The molecule has 0 saturated carbocycles. The molecule has 3 aromatic rings. The van der Waals surface area contributed by atoms with Crippen LogP contribution in [-0.2, 0) is 22.9 Å². The SMILES string of the molecule is CS(=O)(=O)c1cc2c(cc1NC(=O)c1cc(F)cc3[nH]ncc13)CNC2. The van der Waals surface area contributed by atoms with Crippen molar-refractivity contribution in [2.75, 3.05) is 11.6 Å². The topological polar surface area (TPSA) is 104 Å². The highest BCUT2D eigenvalue weighted by Crippen LogP contribution is 2.29. The molecule has 1 aliphatic heterocycles. The Kier molecular flexibility index (Phi) is 3.78. The van der Waals surface area contributed by atoms with Gasteiger partial charge in [-0.3, -0.25) is 9.89 Å². The summed E-state index contributed by atoms with van der Waals surface area (Å²) in [5.41, 5.74) is 2.44. The number of aromatic amines is 1. The van der Waals surface area contributed by atoms with Gasteiger partial charge < -0.3 is 10.6 Å². The zero-order valence-corrected chi connectivity index (χ0v) is 14.6. The Labute approximate surface area is 148 Å². The Morgan fingerprint density at radius 2 is 1.92 bits per heavy atom. The molecule has 1 aromatic heterocycles. The first-order valence-corrected chi connectivity index (χ1v) is 9.72. The summed E-state index contributed by atoms with van der Waals surface area (Å²) in [5, 5.41) is 12.6. The van der Waals surface area contributed by atoms with E-state index in [1.54, 1.807) is 12.1 Å². The summed E-state index contributed by atoms with van der Waals surface area (Å²) in [6, 6.07) is 5.55. The number of H-pyrrole nitrogens is 1. The molecule has 9 heteroatoms. The molecule has 2 heterocycles. The van der Waals surface area contributed by atoms with Crippen molar-refractivity contribution in [3.8, 4) is 0 Å². The van der Waals surface area contributed by atoms with E-state index in [1.807, 2.05) is 0 Å². The number of rotatable bonds is 3. The van der Waals surface area contributed by atoms with E-state index in [0.29, 0.717) is 24.0 Å². The fraction of sp³-hybridized carbons (Fsp3) is 0.176. The number of carbonyl (C=O) groups is 1. The summed E-state index contributed by atoms with van der Waals surface area (Å²) in [6.45, 7) is 1.17. The van der Waals surface area contributed by atoms with Gasteiger partial charge >= 0.3 is 0 Å². The van der Waals surface area contributed by atoms with E-state index >= 15 is 0 Å². The van der Waals surface area contributed by atoms with Crippen LogP contribution in [0.5, 0.6) is 0 Å². The van der Waals surface area contributed by atoms with Crippen LogP contribution in [0.4, 0.5) is 10.1 Å². The summed E-state index contributed by atoms with van der Waals surface area (Å²) in [5.74, 6) is -1.19. The average molecular weight is 374 g/mol. The number of sulfone groups is 1. The molecule has 0 atom stereocenters. The maximum atomic E-state index is 13.8. The quantitative estimate of drug-likeness (QED) is 0.650. The van der Waals surface area contributed by atoms with E-state index in [-0.39, 0.29) is 16.1 Å². The lowest BCUT2D eigenvalue weighted by Crippen LogP contribution is -2.15. The highest BCUT2D eigenvalue weighted by atomic mass is 32.2. The smallest absolute Gasteiger partial charge is 0.256 e. The summed E-state index contributed by atoms with van der Waals surface area (Å²) >= 11 is 0. The number of nitrogens with zero attached hydrogens (tertiary/aromatic N) is 1. The third-order valence-electron chi connectivity index (χ3n) is 4.35. The highest BCUT2D eigenvalue weighted by Gasteiger charge is 2.22. The van der Waals surface area contributed by atoms with E-state index in [2.05, 4.69) is 20.8 Å². The second-order valence-corrected chi connectivity index (χ2v) is 8.22. The molecule has 2 aromatic carbocycles. The largest absolute Gasteiger partial charge is 0.321 e. The van der Waals surface area contributed by atoms with Gasteiger partial charge in [0.15, 0.2) is 9.84 Å². The van der Waals surface area contributed by atoms with Gasteiger partial charge in [0, 0.05) is 24.7 Å². The number of fused-ring (bicyclic) bond motifs is 2. The van der Waals surface area contributed by atoms with Gasteiger partial charge in [-0.25, -0.2) is 12.8 Å². The zero-order chi connectivity index (χ0) is 18.5. The summed E-state index contributed by atoms with van der Waals surface area (Å²) in [7, 11) is -3.56. The molecule has 7 nitrogen and oxygen atoms in total. The number of amides is 1. The third kappa shape index (κ3) is 2.85. The highest BCUT2D eigenvalue weighted by molar-refractivity contribution is 7.90. The lowest BCUT2D eigenvalue weighted by Gasteiger charge is -2.13. The minimum Gasteiger partial charge on any atom is -0.321 e. The summed E-state index contributed by atoms with van der Waals surface area (Å²) in [6.07, 6.45) is 2.51.